The zero-order valence-corrected chi connectivity index (χ0v) is 19.5. The van der Waals surface area contributed by atoms with Crippen LogP contribution in [0.3, 0.4) is 0 Å². The van der Waals surface area contributed by atoms with Crippen LogP contribution >= 0.6 is 0 Å². The summed E-state index contributed by atoms with van der Waals surface area (Å²) in [5.74, 6) is 0. The first-order valence-electron chi connectivity index (χ1n) is 11.5. The average Bonchev–Trinajstić information content (AvgIpc) is 3.29. The minimum absolute atomic E-state index is 0.878. The molecule has 34 heavy (non-hydrogen) atoms. The molecule has 2 aromatic heterocycles. The topological polar surface area (TPSA) is 83.4 Å². The molecule has 0 amide bonds. The molecular weight excluding hydrogens is 422 g/mol. The molecule has 0 bridgehead atoms. The highest BCUT2D eigenvalue weighted by molar-refractivity contribution is 6.14. The monoisotopic (exact) mass is 451 g/mol. The van der Waals surface area contributed by atoms with Gasteiger partial charge in [-0.05, 0) is 61.0 Å². The van der Waals surface area contributed by atoms with Gasteiger partial charge in [-0.25, -0.2) is 4.98 Å². The Morgan fingerprint density at radius 3 is 2.50 bits per heavy atom. The molecule has 5 rings (SSSR count). The van der Waals surface area contributed by atoms with E-state index in [0.29, 0.717) is 0 Å². The van der Waals surface area contributed by atoms with Crippen LogP contribution in [0.25, 0.3) is 33.3 Å². The van der Waals surface area contributed by atoms with Gasteiger partial charge in [-0.2, -0.15) is 5.10 Å². The molecule has 4 aromatic rings. The smallest absolute Gasteiger partial charge is 0.137 e. The van der Waals surface area contributed by atoms with Gasteiger partial charge in [-0.1, -0.05) is 18.2 Å². The molecule has 0 saturated carbocycles. The Kier molecular flexibility index (Phi) is 6.10. The number of nitrogens with zero attached hydrogens (tertiary/aromatic N) is 4. The summed E-state index contributed by atoms with van der Waals surface area (Å²) in [4.78, 5) is 12.8. The van der Waals surface area contributed by atoms with E-state index in [2.05, 4.69) is 74.8 Å². The fraction of sp³-hybridized carbons (Fsp3) is 0.222. The maximum atomic E-state index is 7.04. The Morgan fingerprint density at radius 2 is 1.76 bits per heavy atom. The lowest BCUT2D eigenvalue weighted by Crippen LogP contribution is -2.44. The van der Waals surface area contributed by atoms with Gasteiger partial charge in [0.25, 0.3) is 0 Å². The van der Waals surface area contributed by atoms with E-state index in [1.165, 1.54) is 17.5 Å². The van der Waals surface area contributed by atoms with Gasteiger partial charge in [0.05, 0.1) is 11.9 Å². The predicted molar refractivity (Wildman–Crippen MR) is 142 cm³/mol. The standard InChI is InChI=1S/C27H29N7/c1-19-15-21(5-8-26(19)32-31-10-9-28)25-18-30-27-24(25)16-22(17-29-27)20-3-6-23(7-4-20)34-13-11-33(2)12-14-34/h3-10,15-18,28,32H,11-14H2,1-2H3,(H,29,30)/b28-9?,31-10-. The van der Waals surface area contributed by atoms with Gasteiger partial charge in [0.1, 0.15) is 5.65 Å². The normalized spacial score (nSPS) is 14.7. The van der Waals surface area contributed by atoms with Crippen molar-refractivity contribution in [3.05, 3.63) is 66.5 Å². The number of hydrogen-bond donors (Lipinski definition) is 3. The Labute approximate surface area is 199 Å². The molecule has 3 heterocycles. The largest absolute Gasteiger partial charge is 0.369 e. The van der Waals surface area contributed by atoms with E-state index < -0.39 is 0 Å². The minimum Gasteiger partial charge on any atom is -0.369 e. The summed E-state index contributed by atoms with van der Waals surface area (Å²) in [5, 5.41) is 12.2. The number of benzene rings is 2. The van der Waals surface area contributed by atoms with Gasteiger partial charge in [0.2, 0.25) is 0 Å². The molecule has 0 atom stereocenters. The predicted octanol–water partition coefficient (Wildman–Crippen LogP) is 5.00. The molecular formula is C27H29N7. The van der Waals surface area contributed by atoms with E-state index in [9.17, 15) is 0 Å². The van der Waals surface area contributed by atoms with Gasteiger partial charge < -0.3 is 20.2 Å². The third kappa shape index (κ3) is 4.43. The molecule has 7 heteroatoms. The van der Waals surface area contributed by atoms with Crippen molar-refractivity contribution in [3.8, 4) is 22.3 Å². The van der Waals surface area contributed by atoms with Crippen molar-refractivity contribution in [2.75, 3.05) is 43.6 Å². The van der Waals surface area contributed by atoms with Crippen LogP contribution in [0.15, 0.2) is 66.0 Å². The summed E-state index contributed by atoms with van der Waals surface area (Å²) in [7, 11) is 2.18. The second kappa shape index (κ2) is 9.49. The van der Waals surface area contributed by atoms with Crippen LogP contribution in [0.5, 0.6) is 0 Å². The van der Waals surface area contributed by atoms with E-state index in [0.717, 1.165) is 71.4 Å². The zero-order valence-electron chi connectivity index (χ0n) is 19.5. The maximum absolute atomic E-state index is 7.04. The van der Waals surface area contributed by atoms with Gasteiger partial charge in [-0.3, -0.25) is 5.43 Å². The maximum Gasteiger partial charge on any atom is 0.137 e. The number of aromatic amines is 1. The zero-order chi connectivity index (χ0) is 23.5. The molecule has 0 aliphatic carbocycles. The fourth-order valence-corrected chi connectivity index (χ4v) is 4.43. The Balaban J connectivity index is 1.42. The van der Waals surface area contributed by atoms with Gasteiger partial charge >= 0.3 is 0 Å². The lowest BCUT2D eigenvalue weighted by atomic mass is 10.0. The number of hydrazone groups is 1. The third-order valence-electron chi connectivity index (χ3n) is 6.47. The molecule has 1 fully saturated rings. The second-order valence-corrected chi connectivity index (χ2v) is 8.75. The summed E-state index contributed by atoms with van der Waals surface area (Å²) >= 11 is 0. The van der Waals surface area contributed by atoms with E-state index in [4.69, 9.17) is 10.4 Å². The van der Waals surface area contributed by atoms with E-state index in [1.807, 2.05) is 25.4 Å². The first kappa shape index (κ1) is 21.9. The van der Waals surface area contributed by atoms with Gasteiger partial charge in [-0.15, -0.1) is 0 Å². The molecule has 0 spiro atoms. The summed E-state index contributed by atoms with van der Waals surface area (Å²) in [6.45, 7) is 6.39. The number of aromatic nitrogens is 2. The van der Waals surface area contributed by atoms with Gasteiger partial charge in [0, 0.05) is 67.0 Å². The molecule has 0 radical (unpaired) electrons. The van der Waals surface area contributed by atoms with Crippen molar-refractivity contribution in [2.24, 2.45) is 5.10 Å². The van der Waals surface area contributed by atoms with Crippen LogP contribution < -0.4 is 10.3 Å². The highest BCUT2D eigenvalue weighted by Crippen LogP contribution is 2.33. The Bertz CT molecular complexity index is 1330. The SMILES string of the molecule is Cc1cc(-c2c[nH]c3ncc(-c4ccc(N5CCN(C)CC5)cc4)cc23)ccc1N/N=C\C=N. The van der Waals surface area contributed by atoms with E-state index in [1.54, 1.807) is 0 Å². The number of aryl methyl sites for hydroxylation is 1. The molecule has 172 valence electrons. The first-order valence-corrected chi connectivity index (χ1v) is 11.5. The summed E-state index contributed by atoms with van der Waals surface area (Å²) in [6.07, 6.45) is 6.52. The molecule has 1 aliphatic heterocycles. The van der Waals surface area contributed by atoms with E-state index in [-0.39, 0.29) is 0 Å². The second-order valence-electron chi connectivity index (χ2n) is 8.75. The summed E-state index contributed by atoms with van der Waals surface area (Å²) in [6, 6.07) is 17.3. The summed E-state index contributed by atoms with van der Waals surface area (Å²) < 4.78 is 0. The van der Waals surface area contributed by atoms with Crippen LogP contribution in [0.2, 0.25) is 0 Å². The number of H-pyrrole nitrogens is 1. The number of rotatable bonds is 6. The average molecular weight is 452 g/mol. The molecule has 1 saturated heterocycles. The van der Waals surface area contributed by atoms with Crippen molar-refractivity contribution >= 4 is 34.8 Å². The molecule has 2 aromatic carbocycles. The lowest BCUT2D eigenvalue weighted by Gasteiger charge is -2.34. The molecule has 7 nitrogen and oxygen atoms in total. The number of piperazine rings is 1. The fourth-order valence-electron chi connectivity index (χ4n) is 4.43. The Hall–Kier alpha value is -3.97. The molecule has 1 aliphatic rings. The first-order chi connectivity index (χ1) is 16.6. The number of anilines is 2. The van der Waals surface area contributed by atoms with Crippen LogP contribution in [0, 0.1) is 12.3 Å². The highest BCUT2D eigenvalue weighted by atomic mass is 15.3. The van der Waals surface area contributed by atoms with Crippen molar-refractivity contribution in [3.63, 3.8) is 0 Å². The molecule has 3 N–H and O–H groups in total. The van der Waals surface area contributed by atoms with Crippen molar-refractivity contribution in [1.29, 1.82) is 5.41 Å². The number of hydrogen-bond acceptors (Lipinski definition) is 6. The quantitative estimate of drug-likeness (QED) is 0.284. The third-order valence-corrected chi connectivity index (χ3v) is 6.47. The van der Waals surface area contributed by atoms with Crippen molar-refractivity contribution in [1.82, 2.24) is 14.9 Å². The number of nitrogens with one attached hydrogen (secondary N) is 3. The highest BCUT2D eigenvalue weighted by Gasteiger charge is 2.15. The Morgan fingerprint density at radius 1 is 1.00 bits per heavy atom. The molecule has 0 unspecified atom stereocenters. The van der Waals surface area contributed by atoms with Gasteiger partial charge in [0.15, 0.2) is 0 Å². The number of likely N-dealkylation sites (N-methyl/N-ethyl adjacent to an activating group) is 1. The lowest BCUT2D eigenvalue weighted by molar-refractivity contribution is 0.313. The number of fused-ring (bicyclic) bond motifs is 1. The van der Waals surface area contributed by atoms with Crippen molar-refractivity contribution < 1.29 is 0 Å². The number of pyridine rings is 1. The summed E-state index contributed by atoms with van der Waals surface area (Å²) in [5.41, 5.74) is 11.6. The van der Waals surface area contributed by atoms with Crippen LogP contribution in [0.4, 0.5) is 11.4 Å². The van der Waals surface area contributed by atoms with Crippen LogP contribution in [-0.4, -0.2) is 60.5 Å². The van der Waals surface area contributed by atoms with Crippen LogP contribution in [-0.2, 0) is 0 Å². The minimum atomic E-state index is 0.878. The van der Waals surface area contributed by atoms with Crippen LogP contribution in [0.1, 0.15) is 5.56 Å². The van der Waals surface area contributed by atoms with Crippen molar-refractivity contribution in [2.45, 2.75) is 6.92 Å². The van der Waals surface area contributed by atoms with E-state index >= 15 is 0 Å².